The van der Waals surface area contributed by atoms with Crippen LogP contribution in [0, 0.1) is 0 Å². The van der Waals surface area contributed by atoms with Crippen LogP contribution in [-0.4, -0.2) is 24.4 Å². The number of hydrogen-bond acceptors (Lipinski definition) is 5. The number of methoxy groups -OCH3 is 1. The molecular formula is C9H9F3N2O4. The molecule has 0 saturated carbocycles. The molecule has 1 heterocycles. The molecule has 0 aliphatic carbocycles. The first kappa shape index (κ1) is 14.0. The molecule has 0 fully saturated rings. The van der Waals surface area contributed by atoms with Crippen LogP contribution < -0.4 is 16.0 Å². The first-order chi connectivity index (χ1) is 8.28. The van der Waals surface area contributed by atoms with Gasteiger partial charge >= 0.3 is 12.3 Å². The van der Waals surface area contributed by atoms with Gasteiger partial charge in [0.15, 0.2) is 5.75 Å². The minimum absolute atomic E-state index is 0.0271. The van der Waals surface area contributed by atoms with Gasteiger partial charge in [-0.3, -0.25) is 4.79 Å². The van der Waals surface area contributed by atoms with E-state index in [1.807, 2.05) is 4.98 Å². The van der Waals surface area contributed by atoms with E-state index in [1.54, 1.807) is 0 Å². The number of halogens is 3. The average Bonchev–Trinajstić information content (AvgIpc) is 2.28. The van der Waals surface area contributed by atoms with Gasteiger partial charge in [-0.15, -0.1) is 13.2 Å². The maximum atomic E-state index is 12.0. The Bertz CT molecular complexity index is 510. The predicted molar refractivity (Wildman–Crippen MR) is 53.0 cm³/mol. The lowest BCUT2D eigenvalue weighted by Gasteiger charge is -2.11. The first-order valence-electron chi connectivity index (χ1n) is 4.58. The molecule has 3 N–H and O–H groups in total. The summed E-state index contributed by atoms with van der Waals surface area (Å²) >= 11 is 0. The Morgan fingerprint density at radius 3 is 2.56 bits per heavy atom. The molecule has 0 aliphatic rings. The summed E-state index contributed by atoms with van der Waals surface area (Å²) in [7, 11) is 1.06. The van der Waals surface area contributed by atoms with E-state index >= 15 is 0 Å². The van der Waals surface area contributed by atoms with E-state index in [0.29, 0.717) is 0 Å². The Morgan fingerprint density at radius 1 is 1.50 bits per heavy atom. The third-order valence-corrected chi connectivity index (χ3v) is 1.92. The molecule has 1 aromatic rings. The molecule has 0 radical (unpaired) electrons. The highest BCUT2D eigenvalue weighted by Gasteiger charge is 2.33. The number of nitrogens with two attached hydrogens (primary N) is 1. The number of esters is 1. The van der Waals surface area contributed by atoms with E-state index in [2.05, 4.69) is 9.47 Å². The second-order valence-corrected chi connectivity index (χ2v) is 3.11. The number of nitrogens with one attached hydrogen (secondary N) is 1. The molecular weight excluding hydrogens is 257 g/mol. The second-order valence-electron chi connectivity index (χ2n) is 3.11. The van der Waals surface area contributed by atoms with Crippen LogP contribution in [0.4, 0.5) is 13.2 Å². The summed E-state index contributed by atoms with van der Waals surface area (Å²) in [6.45, 7) is -0.268. The van der Waals surface area contributed by atoms with E-state index in [0.717, 1.165) is 13.2 Å². The van der Waals surface area contributed by atoms with Gasteiger partial charge in [0.05, 0.1) is 7.11 Å². The van der Waals surface area contributed by atoms with Crippen molar-refractivity contribution in [3.05, 3.63) is 27.7 Å². The molecule has 0 aromatic carbocycles. The van der Waals surface area contributed by atoms with Crippen LogP contribution in [0.2, 0.25) is 0 Å². The maximum absolute atomic E-state index is 12.0. The van der Waals surface area contributed by atoms with Gasteiger partial charge < -0.3 is 20.2 Å². The molecule has 1 rings (SSSR count). The number of carbonyl (C=O) groups excluding carboxylic acids is 1. The van der Waals surface area contributed by atoms with Crippen molar-refractivity contribution >= 4 is 5.97 Å². The minimum atomic E-state index is -5.01. The predicted octanol–water partition coefficient (Wildman–Crippen LogP) is 0.519. The van der Waals surface area contributed by atoms with Crippen LogP contribution in [0.25, 0.3) is 0 Å². The molecule has 6 nitrogen and oxygen atoms in total. The summed E-state index contributed by atoms with van der Waals surface area (Å²) in [5, 5.41) is 0. The fourth-order valence-corrected chi connectivity index (χ4v) is 1.20. The van der Waals surface area contributed by atoms with Crippen LogP contribution in [0.3, 0.4) is 0 Å². The number of ether oxygens (including phenoxy) is 2. The monoisotopic (exact) mass is 266 g/mol. The number of carbonyl (C=O) groups is 1. The molecule has 0 saturated heterocycles. The van der Waals surface area contributed by atoms with Crippen molar-refractivity contribution in [3.63, 3.8) is 0 Å². The van der Waals surface area contributed by atoms with Gasteiger partial charge in [-0.1, -0.05) is 0 Å². The van der Waals surface area contributed by atoms with Crippen molar-refractivity contribution in [3.8, 4) is 5.75 Å². The topological polar surface area (TPSA) is 94.4 Å². The molecule has 18 heavy (non-hydrogen) atoms. The van der Waals surface area contributed by atoms with E-state index < -0.39 is 23.6 Å². The maximum Gasteiger partial charge on any atom is 0.573 e. The highest BCUT2D eigenvalue weighted by molar-refractivity contribution is 5.88. The summed E-state index contributed by atoms with van der Waals surface area (Å²) in [6, 6.07) is 0.749. The van der Waals surface area contributed by atoms with Crippen molar-refractivity contribution in [1.29, 1.82) is 0 Å². The Kier molecular flexibility index (Phi) is 3.96. The second kappa shape index (κ2) is 5.08. The van der Waals surface area contributed by atoms with Gasteiger partial charge in [-0.25, -0.2) is 4.79 Å². The normalized spacial score (nSPS) is 11.2. The SMILES string of the molecule is COC(=O)c1[nH]c(=O)c(OC(F)(F)F)cc1CN. The number of rotatable bonds is 3. The number of aromatic amines is 1. The lowest BCUT2D eigenvalue weighted by Crippen LogP contribution is -2.25. The zero-order valence-electron chi connectivity index (χ0n) is 9.13. The van der Waals surface area contributed by atoms with Crippen LogP contribution in [0.15, 0.2) is 10.9 Å². The number of pyridine rings is 1. The van der Waals surface area contributed by atoms with Gasteiger partial charge in [-0.05, 0) is 6.07 Å². The molecule has 100 valence electrons. The van der Waals surface area contributed by atoms with Crippen molar-refractivity contribution in [2.75, 3.05) is 7.11 Å². The van der Waals surface area contributed by atoms with E-state index in [1.165, 1.54) is 0 Å². The quantitative estimate of drug-likeness (QED) is 0.778. The molecule has 0 aliphatic heterocycles. The third-order valence-electron chi connectivity index (χ3n) is 1.92. The van der Waals surface area contributed by atoms with Crippen LogP contribution in [-0.2, 0) is 11.3 Å². The Labute approximate surface area is 98.5 Å². The zero-order valence-corrected chi connectivity index (χ0v) is 9.13. The van der Waals surface area contributed by atoms with Gasteiger partial charge in [-0.2, -0.15) is 0 Å². The highest BCUT2D eigenvalue weighted by atomic mass is 19.4. The molecule has 0 unspecified atom stereocenters. The Balaban J connectivity index is 3.27. The van der Waals surface area contributed by atoms with Crippen molar-refractivity contribution < 1.29 is 27.4 Å². The molecule has 0 amide bonds. The number of H-pyrrole nitrogens is 1. The largest absolute Gasteiger partial charge is 0.573 e. The smallest absolute Gasteiger partial charge is 0.464 e. The molecule has 0 atom stereocenters. The highest BCUT2D eigenvalue weighted by Crippen LogP contribution is 2.21. The molecule has 0 spiro atoms. The van der Waals surface area contributed by atoms with Gasteiger partial charge in [0.2, 0.25) is 0 Å². The summed E-state index contributed by atoms with van der Waals surface area (Å²) in [5.74, 6) is -1.90. The number of hydrogen-bond donors (Lipinski definition) is 2. The van der Waals surface area contributed by atoms with E-state index in [4.69, 9.17) is 5.73 Å². The third kappa shape index (κ3) is 3.23. The number of aromatic nitrogens is 1. The first-order valence-corrected chi connectivity index (χ1v) is 4.58. The minimum Gasteiger partial charge on any atom is -0.464 e. The van der Waals surface area contributed by atoms with Crippen molar-refractivity contribution in [2.24, 2.45) is 5.73 Å². The molecule has 9 heteroatoms. The summed E-state index contributed by atoms with van der Waals surface area (Å²) in [6.07, 6.45) is -5.01. The van der Waals surface area contributed by atoms with E-state index in [-0.39, 0.29) is 17.8 Å². The Morgan fingerprint density at radius 2 is 2.11 bits per heavy atom. The summed E-state index contributed by atoms with van der Waals surface area (Å²) in [4.78, 5) is 24.4. The number of alkyl halides is 3. The van der Waals surface area contributed by atoms with E-state index in [9.17, 15) is 22.8 Å². The lowest BCUT2D eigenvalue weighted by molar-refractivity contribution is -0.275. The average molecular weight is 266 g/mol. The standard InChI is InChI=1S/C9H9F3N2O4/c1-17-8(16)6-4(3-13)2-5(7(15)14-6)18-9(10,11)12/h2H,3,13H2,1H3,(H,14,15). The lowest BCUT2D eigenvalue weighted by atomic mass is 10.2. The molecule has 1 aromatic heterocycles. The van der Waals surface area contributed by atoms with Crippen molar-refractivity contribution in [2.45, 2.75) is 12.9 Å². The zero-order chi connectivity index (χ0) is 13.9. The fourth-order valence-electron chi connectivity index (χ4n) is 1.20. The van der Waals surface area contributed by atoms with Crippen LogP contribution in [0.1, 0.15) is 16.1 Å². The van der Waals surface area contributed by atoms with Gasteiger partial charge in [0, 0.05) is 12.1 Å². The van der Waals surface area contributed by atoms with Crippen molar-refractivity contribution in [1.82, 2.24) is 4.98 Å². The Hall–Kier alpha value is -2.03. The summed E-state index contributed by atoms with van der Waals surface area (Å²) < 4.78 is 43.8. The van der Waals surface area contributed by atoms with Crippen LogP contribution in [0.5, 0.6) is 5.75 Å². The van der Waals surface area contributed by atoms with Crippen LogP contribution >= 0.6 is 0 Å². The summed E-state index contributed by atoms with van der Waals surface area (Å²) in [5.41, 5.74) is 3.72. The fraction of sp³-hybridized carbons (Fsp3) is 0.333. The van der Waals surface area contributed by atoms with Gasteiger partial charge in [0.25, 0.3) is 5.56 Å². The van der Waals surface area contributed by atoms with Gasteiger partial charge in [0.1, 0.15) is 5.69 Å². The molecule has 0 bridgehead atoms.